The molecule has 3 aliphatic rings. The van der Waals surface area contributed by atoms with E-state index in [1.54, 1.807) is 4.90 Å². The van der Waals surface area contributed by atoms with Gasteiger partial charge < -0.3 is 29.3 Å². The normalized spacial score (nSPS) is 19.9. The molecule has 1 aromatic heterocycles. The van der Waals surface area contributed by atoms with Crippen molar-refractivity contribution in [3.8, 4) is 35.1 Å². The van der Waals surface area contributed by atoms with E-state index in [9.17, 15) is 19.1 Å². The smallest absolute Gasteiger partial charge is 0.298 e. The second-order valence-electron chi connectivity index (χ2n) is 8.39. The number of anilines is 1. The molecular weight excluding hydrogens is 479 g/mol. The third-order valence-corrected chi connectivity index (χ3v) is 6.75. The molecule has 0 bridgehead atoms. The number of terminal acetylenes is 1. The fourth-order valence-electron chi connectivity index (χ4n) is 4.64. The van der Waals surface area contributed by atoms with Crippen LogP contribution in [0.5, 0.6) is 11.5 Å². The van der Waals surface area contributed by atoms with E-state index in [-0.39, 0.29) is 71.3 Å². The van der Waals surface area contributed by atoms with Crippen LogP contribution < -0.4 is 9.64 Å². The summed E-state index contributed by atoms with van der Waals surface area (Å²) >= 11 is 6.68. The molecule has 4 heterocycles. The summed E-state index contributed by atoms with van der Waals surface area (Å²) in [7, 11) is 0. The first-order chi connectivity index (χ1) is 16.9. The molecule has 1 aromatic carbocycles. The third kappa shape index (κ3) is 4.00. The fourth-order valence-corrected chi connectivity index (χ4v) is 4.92. The Morgan fingerprint density at radius 3 is 2.71 bits per heavy atom. The lowest BCUT2D eigenvalue weighted by Crippen LogP contribution is -2.57. The summed E-state index contributed by atoms with van der Waals surface area (Å²) in [5, 5.41) is 10.3. The number of ether oxygens (including phenoxy) is 2. The Morgan fingerprint density at radius 1 is 1.23 bits per heavy atom. The molecule has 9 nitrogen and oxygen atoms in total. The van der Waals surface area contributed by atoms with E-state index in [4.69, 9.17) is 27.5 Å². The Hall–Kier alpha value is -3.55. The average molecular weight is 501 g/mol. The molecule has 2 saturated heterocycles. The quantitative estimate of drug-likeness (QED) is 0.628. The number of piperazine rings is 1. The number of benzene rings is 1. The zero-order valence-electron chi connectivity index (χ0n) is 18.7. The van der Waals surface area contributed by atoms with Crippen LogP contribution in [0.2, 0.25) is 5.02 Å². The van der Waals surface area contributed by atoms with Gasteiger partial charge in [0, 0.05) is 32.7 Å². The Balaban J connectivity index is 1.65. The number of hydrogen-bond donors (Lipinski definition) is 1. The van der Waals surface area contributed by atoms with Crippen molar-refractivity contribution in [1.82, 2.24) is 14.8 Å². The predicted molar refractivity (Wildman–Crippen MR) is 125 cm³/mol. The summed E-state index contributed by atoms with van der Waals surface area (Å²) in [6, 6.07) is 3.44. The largest absolute Gasteiger partial charge is 0.507 e. The number of pyridine rings is 1. The van der Waals surface area contributed by atoms with Crippen LogP contribution in [0.15, 0.2) is 18.2 Å². The van der Waals surface area contributed by atoms with E-state index in [0.29, 0.717) is 26.3 Å². The van der Waals surface area contributed by atoms with Crippen LogP contribution in [-0.4, -0.2) is 90.3 Å². The number of amides is 2. The third-order valence-electron chi connectivity index (χ3n) is 6.40. The van der Waals surface area contributed by atoms with Crippen molar-refractivity contribution in [3.63, 3.8) is 0 Å². The van der Waals surface area contributed by atoms with E-state index in [1.165, 1.54) is 23.1 Å². The van der Waals surface area contributed by atoms with Gasteiger partial charge in [-0.2, -0.15) is 0 Å². The zero-order valence-corrected chi connectivity index (χ0v) is 19.4. The van der Waals surface area contributed by atoms with Gasteiger partial charge in [-0.25, -0.2) is 9.37 Å². The van der Waals surface area contributed by atoms with Gasteiger partial charge >= 0.3 is 0 Å². The molecule has 2 fully saturated rings. The summed E-state index contributed by atoms with van der Waals surface area (Å²) in [5.74, 6) is 0.587. The van der Waals surface area contributed by atoms with Gasteiger partial charge in [0.25, 0.3) is 11.8 Å². The molecule has 0 radical (unpaired) electrons. The van der Waals surface area contributed by atoms with Gasteiger partial charge in [0.15, 0.2) is 5.75 Å². The van der Waals surface area contributed by atoms with Crippen LogP contribution >= 0.6 is 11.6 Å². The van der Waals surface area contributed by atoms with E-state index < -0.39 is 17.8 Å². The number of nitrogens with zero attached hydrogens (tertiary/aromatic N) is 4. The number of aromatic nitrogens is 1. The predicted octanol–water partition coefficient (Wildman–Crippen LogP) is 1.76. The minimum absolute atomic E-state index is 0.0284. The van der Waals surface area contributed by atoms with Crippen LogP contribution in [0.1, 0.15) is 10.4 Å². The van der Waals surface area contributed by atoms with E-state index in [1.807, 2.05) is 4.90 Å². The van der Waals surface area contributed by atoms with E-state index in [2.05, 4.69) is 10.9 Å². The van der Waals surface area contributed by atoms with Gasteiger partial charge in [-0.1, -0.05) is 17.7 Å². The molecule has 0 saturated carbocycles. The highest BCUT2D eigenvalue weighted by Crippen LogP contribution is 2.46. The molecule has 2 aromatic rings. The lowest BCUT2D eigenvalue weighted by Gasteiger charge is -2.39. The first-order valence-corrected chi connectivity index (χ1v) is 11.5. The SMILES string of the molecule is C#CC(=O)N1CCN2C(=O)c3c(N4CCOCC4)nc(-c4c(O)cccc4F)c(Cl)c3OC[C@H]2C1. The number of phenols is 1. The van der Waals surface area contributed by atoms with Crippen LogP contribution in [0, 0.1) is 18.2 Å². The van der Waals surface area contributed by atoms with Crippen LogP contribution in [0.3, 0.4) is 0 Å². The molecule has 5 rings (SSSR count). The molecule has 1 atom stereocenters. The maximum absolute atomic E-state index is 14.8. The van der Waals surface area contributed by atoms with Gasteiger partial charge in [-0.05, 0) is 18.1 Å². The lowest BCUT2D eigenvalue weighted by molar-refractivity contribution is -0.127. The molecule has 3 aliphatic heterocycles. The molecule has 2 amide bonds. The average Bonchev–Trinajstić information content (AvgIpc) is 3.02. The standard InChI is InChI=1S/C24H22ClFN4O5/c1-2-17(32)29-6-7-30-14(12-29)13-35-22-19(24(30)33)23(28-8-10-34-11-9-28)27-21(20(22)25)18-15(26)4-3-5-16(18)31/h1,3-5,14,31H,6-13H2/t14-/m1/s1. The number of aromatic hydroxyl groups is 1. The Labute approximate surface area is 206 Å². The maximum Gasteiger partial charge on any atom is 0.298 e. The van der Waals surface area contributed by atoms with Gasteiger partial charge in [-0.3, -0.25) is 9.59 Å². The number of fused-ring (bicyclic) bond motifs is 2. The van der Waals surface area contributed by atoms with Crippen molar-refractivity contribution in [2.45, 2.75) is 6.04 Å². The van der Waals surface area contributed by atoms with Crippen LogP contribution in [-0.2, 0) is 9.53 Å². The summed E-state index contributed by atoms with van der Waals surface area (Å²) < 4.78 is 26.3. The molecule has 182 valence electrons. The number of carbonyl (C=O) groups is 2. The van der Waals surface area contributed by atoms with Crippen LogP contribution in [0.4, 0.5) is 10.2 Å². The zero-order chi connectivity index (χ0) is 24.7. The van der Waals surface area contributed by atoms with Crippen molar-refractivity contribution in [2.75, 3.05) is 57.4 Å². The van der Waals surface area contributed by atoms with Gasteiger partial charge in [0.05, 0.1) is 24.8 Å². The van der Waals surface area contributed by atoms with Gasteiger partial charge in [-0.15, -0.1) is 6.42 Å². The molecule has 11 heteroatoms. The number of halogens is 2. The molecule has 35 heavy (non-hydrogen) atoms. The monoisotopic (exact) mass is 500 g/mol. The summed E-state index contributed by atoms with van der Waals surface area (Å²) in [4.78, 5) is 35.5. The second-order valence-corrected chi connectivity index (χ2v) is 8.77. The molecule has 0 spiro atoms. The first kappa shape index (κ1) is 23.2. The van der Waals surface area contributed by atoms with Crippen molar-refractivity contribution >= 4 is 29.2 Å². The maximum atomic E-state index is 14.8. The topological polar surface area (TPSA) is 95.4 Å². The van der Waals surface area contributed by atoms with Crippen molar-refractivity contribution in [2.24, 2.45) is 0 Å². The number of hydrogen-bond acceptors (Lipinski definition) is 7. The van der Waals surface area contributed by atoms with Crippen molar-refractivity contribution in [1.29, 1.82) is 0 Å². The Morgan fingerprint density at radius 2 is 2.00 bits per heavy atom. The lowest BCUT2D eigenvalue weighted by atomic mass is 10.1. The molecule has 0 aliphatic carbocycles. The van der Waals surface area contributed by atoms with Gasteiger partial charge in [0.2, 0.25) is 0 Å². The second kappa shape index (κ2) is 9.24. The Kier molecular flexibility index (Phi) is 6.13. The van der Waals surface area contributed by atoms with E-state index >= 15 is 0 Å². The number of phenolic OH excluding ortho intramolecular Hbond substituents is 1. The summed E-state index contributed by atoms with van der Waals surface area (Å²) in [6.07, 6.45) is 5.27. The number of rotatable bonds is 2. The summed E-state index contributed by atoms with van der Waals surface area (Å²) in [6.45, 7) is 2.54. The molecular formula is C24H22ClFN4O5. The molecule has 0 unspecified atom stereocenters. The van der Waals surface area contributed by atoms with E-state index in [0.717, 1.165) is 0 Å². The Bertz CT molecular complexity index is 1220. The highest BCUT2D eigenvalue weighted by atomic mass is 35.5. The molecule has 1 N–H and O–H groups in total. The first-order valence-electron chi connectivity index (χ1n) is 11.1. The minimum Gasteiger partial charge on any atom is -0.507 e. The van der Waals surface area contributed by atoms with Crippen LogP contribution in [0.25, 0.3) is 11.3 Å². The fraction of sp³-hybridized carbons (Fsp3) is 0.375. The summed E-state index contributed by atoms with van der Waals surface area (Å²) in [5.41, 5.74) is -0.0476. The van der Waals surface area contributed by atoms with Gasteiger partial charge in [0.1, 0.15) is 40.3 Å². The number of morpholine rings is 1. The highest BCUT2D eigenvalue weighted by molar-refractivity contribution is 6.35. The minimum atomic E-state index is -0.715. The van der Waals surface area contributed by atoms with Crippen molar-refractivity contribution in [3.05, 3.63) is 34.6 Å². The number of carbonyl (C=O) groups excluding carboxylic acids is 2. The highest BCUT2D eigenvalue weighted by Gasteiger charge is 2.41. The van der Waals surface area contributed by atoms with Crippen molar-refractivity contribution < 1.29 is 28.6 Å².